The number of carbonyl (C=O) groups is 2. The summed E-state index contributed by atoms with van der Waals surface area (Å²) in [4.78, 5) is 23.5. The van der Waals surface area contributed by atoms with Gasteiger partial charge in [-0.2, -0.15) is 0 Å². The standard InChI is InChI=1S/C16H21N3O3/c1-22-14-7-11-5-6-15(20)18-12(11)8-13(14)19-16(21)17-9-10-3-2-4-10/h7-8,10H,2-6,9H2,1H3,(H,18,20)(H2,17,19,21). The Labute approximate surface area is 129 Å². The summed E-state index contributed by atoms with van der Waals surface area (Å²) in [5.41, 5.74) is 2.33. The Morgan fingerprint density at radius 1 is 1.36 bits per heavy atom. The highest BCUT2D eigenvalue weighted by Gasteiger charge is 2.20. The summed E-state index contributed by atoms with van der Waals surface area (Å²) in [5.74, 6) is 1.21. The molecule has 1 aliphatic carbocycles. The zero-order chi connectivity index (χ0) is 15.5. The summed E-state index contributed by atoms with van der Waals surface area (Å²) in [6, 6.07) is 3.39. The fourth-order valence-electron chi connectivity index (χ4n) is 2.77. The highest BCUT2D eigenvalue weighted by molar-refractivity contribution is 5.97. The largest absolute Gasteiger partial charge is 0.495 e. The van der Waals surface area contributed by atoms with E-state index in [4.69, 9.17) is 4.74 Å². The van der Waals surface area contributed by atoms with Gasteiger partial charge in [0.15, 0.2) is 0 Å². The molecule has 6 nitrogen and oxygen atoms in total. The van der Waals surface area contributed by atoms with Gasteiger partial charge in [0, 0.05) is 18.7 Å². The molecule has 1 fully saturated rings. The van der Waals surface area contributed by atoms with Crippen LogP contribution >= 0.6 is 0 Å². The third kappa shape index (κ3) is 3.16. The summed E-state index contributed by atoms with van der Waals surface area (Å²) in [7, 11) is 1.57. The third-order valence-electron chi connectivity index (χ3n) is 4.35. The molecule has 3 rings (SSSR count). The summed E-state index contributed by atoms with van der Waals surface area (Å²) in [5, 5.41) is 8.51. The van der Waals surface area contributed by atoms with Crippen LogP contribution in [0.2, 0.25) is 0 Å². The maximum Gasteiger partial charge on any atom is 0.319 e. The van der Waals surface area contributed by atoms with Crippen molar-refractivity contribution in [2.45, 2.75) is 32.1 Å². The number of methoxy groups -OCH3 is 1. The number of ether oxygens (including phenoxy) is 1. The summed E-state index contributed by atoms with van der Waals surface area (Å²) < 4.78 is 5.34. The van der Waals surface area contributed by atoms with Gasteiger partial charge in [0.2, 0.25) is 5.91 Å². The van der Waals surface area contributed by atoms with Crippen molar-refractivity contribution in [3.63, 3.8) is 0 Å². The van der Waals surface area contributed by atoms with Crippen molar-refractivity contribution in [1.82, 2.24) is 5.32 Å². The van der Waals surface area contributed by atoms with Crippen LogP contribution in [0.4, 0.5) is 16.2 Å². The van der Waals surface area contributed by atoms with Crippen molar-refractivity contribution >= 4 is 23.3 Å². The van der Waals surface area contributed by atoms with Crippen molar-refractivity contribution in [2.75, 3.05) is 24.3 Å². The molecule has 1 heterocycles. The lowest BCUT2D eigenvalue weighted by Gasteiger charge is -2.25. The van der Waals surface area contributed by atoms with Crippen LogP contribution in [-0.2, 0) is 11.2 Å². The van der Waals surface area contributed by atoms with Crippen LogP contribution in [0.5, 0.6) is 5.75 Å². The number of fused-ring (bicyclic) bond motifs is 1. The Balaban J connectivity index is 1.69. The third-order valence-corrected chi connectivity index (χ3v) is 4.35. The highest BCUT2D eigenvalue weighted by Crippen LogP contribution is 2.34. The SMILES string of the molecule is COc1cc2c(cc1NC(=O)NCC1CCC1)NC(=O)CC2. The molecule has 1 aliphatic heterocycles. The van der Waals surface area contributed by atoms with Crippen LogP contribution in [0.3, 0.4) is 0 Å². The molecule has 3 amide bonds. The number of hydrogen-bond acceptors (Lipinski definition) is 3. The molecule has 2 aliphatic rings. The van der Waals surface area contributed by atoms with Crippen LogP contribution in [0.1, 0.15) is 31.2 Å². The molecule has 0 unspecified atom stereocenters. The molecule has 118 valence electrons. The number of amides is 3. The lowest BCUT2D eigenvalue weighted by molar-refractivity contribution is -0.116. The molecular weight excluding hydrogens is 282 g/mol. The Morgan fingerprint density at radius 2 is 2.18 bits per heavy atom. The van der Waals surface area contributed by atoms with Crippen LogP contribution < -0.4 is 20.7 Å². The van der Waals surface area contributed by atoms with E-state index in [1.54, 1.807) is 13.2 Å². The van der Waals surface area contributed by atoms with Gasteiger partial charge in [0.05, 0.1) is 12.8 Å². The van der Waals surface area contributed by atoms with E-state index in [1.807, 2.05) is 6.07 Å². The summed E-state index contributed by atoms with van der Waals surface area (Å²) in [6.45, 7) is 0.704. The molecule has 0 aromatic heterocycles. The molecule has 22 heavy (non-hydrogen) atoms. The number of benzene rings is 1. The second-order valence-corrected chi connectivity index (χ2v) is 5.89. The van der Waals surface area contributed by atoms with Crippen molar-refractivity contribution in [2.24, 2.45) is 5.92 Å². The molecule has 0 bridgehead atoms. The monoisotopic (exact) mass is 303 g/mol. The molecule has 6 heteroatoms. The van der Waals surface area contributed by atoms with E-state index in [0.29, 0.717) is 36.7 Å². The Morgan fingerprint density at radius 3 is 2.86 bits per heavy atom. The highest BCUT2D eigenvalue weighted by atomic mass is 16.5. The van der Waals surface area contributed by atoms with Crippen molar-refractivity contribution in [3.05, 3.63) is 17.7 Å². The first kappa shape index (κ1) is 14.7. The van der Waals surface area contributed by atoms with Gasteiger partial charge in [-0.25, -0.2) is 4.79 Å². The fraction of sp³-hybridized carbons (Fsp3) is 0.500. The van der Waals surface area contributed by atoms with Crippen LogP contribution in [0.25, 0.3) is 0 Å². The first-order valence-electron chi connectivity index (χ1n) is 7.71. The topological polar surface area (TPSA) is 79.5 Å². The lowest BCUT2D eigenvalue weighted by atomic mass is 9.85. The normalized spacial score (nSPS) is 17.0. The first-order chi connectivity index (χ1) is 10.7. The number of nitrogens with one attached hydrogen (secondary N) is 3. The molecule has 1 saturated carbocycles. The predicted octanol–water partition coefficient (Wildman–Crippen LogP) is 2.50. The van der Waals surface area contributed by atoms with E-state index >= 15 is 0 Å². The van der Waals surface area contributed by atoms with E-state index in [9.17, 15) is 9.59 Å². The van der Waals surface area contributed by atoms with Crippen LogP contribution in [0, 0.1) is 5.92 Å². The second kappa shape index (κ2) is 6.25. The van der Waals surface area contributed by atoms with E-state index in [2.05, 4.69) is 16.0 Å². The van der Waals surface area contributed by atoms with Crippen molar-refractivity contribution in [1.29, 1.82) is 0 Å². The number of rotatable bonds is 4. The van der Waals surface area contributed by atoms with Gasteiger partial charge < -0.3 is 20.7 Å². The average Bonchev–Trinajstić information content (AvgIpc) is 2.44. The number of urea groups is 1. The van der Waals surface area contributed by atoms with Gasteiger partial charge in [-0.15, -0.1) is 0 Å². The Hall–Kier alpha value is -2.24. The minimum Gasteiger partial charge on any atom is -0.495 e. The quantitative estimate of drug-likeness (QED) is 0.799. The molecule has 1 aromatic rings. The fourth-order valence-corrected chi connectivity index (χ4v) is 2.77. The molecule has 3 N–H and O–H groups in total. The summed E-state index contributed by atoms with van der Waals surface area (Å²) >= 11 is 0. The molecule has 0 radical (unpaired) electrons. The Kier molecular flexibility index (Phi) is 4.18. The number of carbonyl (C=O) groups excluding carboxylic acids is 2. The molecule has 1 aromatic carbocycles. The van der Waals surface area contributed by atoms with Crippen LogP contribution in [0.15, 0.2) is 12.1 Å². The first-order valence-corrected chi connectivity index (χ1v) is 7.71. The second-order valence-electron chi connectivity index (χ2n) is 5.89. The number of anilines is 2. The van der Waals surface area contributed by atoms with E-state index < -0.39 is 0 Å². The van der Waals surface area contributed by atoms with E-state index in [0.717, 1.165) is 11.3 Å². The smallest absolute Gasteiger partial charge is 0.319 e. The lowest BCUT2D eigenvalue weighted by Crippen LogP contribution is -2.35. The molecule has 0 atom stereocenters. The Bertz CT molecular complexity index is 597. The number of hydrogen-bond donors (Lipinski definition) is 3. The zero-order valence-corrected chi connectivity index (χ0v) is 12.7. The number of aryl methyl sites for hydroxylation is 1. The van der Waals surface area contributed by atoms with E-state index in [-0.39, 0.29) is 11.9 Å². The van der Waals surface area contributed by atoms with Gasteiger partial charge in [0.1, 0.15) is 5.75 Å². The maximum atomic E-state index is 12.0. The van der Waals surface area contributed by atoms with Crippen molar-refractivity contribution < 1.29 is 14.3 Å². The minimum absolute atomic E-state index is 0.00180. The molecular formula is C16H21N3O3. The van der Waals surface area contributed by atoms with Crippen LogP contribution in [-0.4, -0.2) is 25.6 Å². The maximum absolute atomic E-state index is 12.0. The zero-order valence-electron chi connectivity index (χ0n) is 12.7. The average molecular weight is 303 g/mol. The van der Waals surface area contributed by atoms with Gasteiger partial charge in [0.25, 0.3) is 0 Å². The minimum atomic E-state index is -0.243. The van der Waals surface area contributed by atoms with Gasteiger partial charge in [-0.05, 0) is 42.9 Å². The van der Waals surface area contributed by atoms with Gasteiger partial charge in [-0.1, -0.05) is 6.42 Å². The van der Waals surface area contributed by atoms with E-state index in [1.165, 1.54) is 19.3 Å². The molecule has 0 saturated heterocycles. The predicted molar refractivity (Wildman–Crippen MR) is 84.3 cm³/mol. The van der Waals surface area contributed by atoms with Crippen molar-refractivity contribution in [3.8, 4) is 5.75 Å². The van der Waals surface area contributed by atoms with Gasteiger partial charge >= 0.3 is 6.03 Å². The van der Waals surface area contributed by atoms with Gasteiger partial charge in [-0.3, -0.25) is 4.79 Å². The molecule has 0 spiro atoms. The summed E-state index contributed by atoms with van der Waals surface area (Å²) in [6.07, 6.45) is 4.80.